The molecule has 4 saturated carbocycles. The number of aliphatic hydroxyl groups excluding tert-OH is 2. The van der Waals surface area contributed by atoms with E-state index in [9.17, 15) is 19.0 Å². The van der Waals surface area contributed by atoms with Gasteiger partial charge in [-0.2, -0.15) is 0 Å². The molecule has 1 aromatic heterocycles. The Bertz CT molecular complexity index is 1140. The Hall–Kier alpha value is -1.11. The van der Waals surface area contributed by atoms with Gasteiger partial charge >= 0.3 is 0 Å². The molecule has 10 atom stereocenters. The minimum absolute atomic E-state index is 0.169. The molecule has 6 rings (SSSR count). The molecule has 0 bridgehead atoms. The zero-order chi connectivity index (χ0) is 25.4. The zero-order valence-electron chi connectivity index (χ0n) is 21.9. The van der Waals surface area contributed by atoms with Crippen LogP contribution in [0, 0.1) is 58.0 Å². The number of rotatable bonds is 4. The van der Waals surface area contributed by atoms with Gasteiger partial charge in [-0.15, -0.1) is 11.3 Å². The van der Waals surface area contributed by atoms with Crippen LogP contribution < -0.4 is 0 Å². The van der Waals surface area contributed by atoms with Crippen LogP contribution in [0.2, 0.25) is 0 Å². The van der Waals surface area contributed by atoms with Crippen molar-refractivity contribution in [1.82, 2.24) is 4.98 Å². The average Bonchev–Trinajstić information content (AvgIpc) is 3.42. The van der Waals surface area contributed by atoms with Gasteiger partial charge in [0.05, 0.1) is 21.9 Å². The molecule has 4 aliphatic rings. The van der Waals surface area contributed by atoms with Crippen molar-refractivity contribution in [2.24, 2.45) is 46.3 Å². The molecule has 3 nitrogen and oxygen atoms in total. The molecular weight excluding hydrogens is 476 g/mol. The highest BCUT2D eigenvalue weighted by Crippen LogP contribution is 2.68. The van der Waals surface area contributed by atoms with E-state index in [1.807, 2.05) is 0 Å². The van der Waals surface area contributed by atoms with E-state index in [4.69, 9.17) is 0 Å². The highest BCUT2D eigenvalue weighted by molar-refractivity contribution is 7.18. The molecular formula is C30H41F2NO2S. The van der Waals surface area contributed by atoms with Gasteiger partial charge in [-0.25, -0.2) is 13.8 Å². The number of thiazole rings is 1. The summed E-state index contributed by atoms with van der Waals surface area (Å²) < 4.78 is 28.5. The summed E-state index contributed by atoms with van der Waals surface area (Å²) >= 11 is 1.48. The van der Waals surface area contributed by atoms with Gasteiger partial charge in [0.1, 0.15) is 5.52 Å². The molecule has 36 heavy (non-hydrogen) atoms. The number of nitrogens with zero attached hydrogens (tertiary/aromatic N) is 1. The molecule has 2 aromatic rings. The van der Waals surface area contributed by atoms with Crippen molar-refractivity contribution < 1.29 is 19.0 Å². The van der Waals surface area contributed by atoms with Gasteiger partial charge in [-0.05, 0) is 123 Å². The molecule has 0 saturated heterocycles. The quantitative estimate of drug-likeness (QED) is 0.453. The molecule has 1 heterocycles. The molecule has 6 heteroatoms. The second-order valence-corrected chi connectivity index (χ2v) is 14.4. The third-order valence-corrected chi connectivity index (χ3v) is 12.8. The number of benzene rings is 1. The second kappa shape index (κ2) is 8.98. The van der Waals surface area contributed by atoms with E-state index < -0.39 is 11.6 Å². The van der Waals surface area contributed by atoms with Gasteiger partial charge < -0.3 is 10.2 Å². The van der Waals surface area contributed by atoms with E-state index in [1.54, 1.807) is 6.07 Å². The summed E-state index contributed by atoms with van der Waals surface area (Å²) in [4.78, 5) is 4.44. The van der Waals surface area contributed by atoms with E-state index in [2.05, 4.69) is 25.8 Å². The van der Waals surface area contributed by atoms with Crippen LogP contribution in [0.25, 0.3) is 10.2 Å². The molecule has 0 radical (unpaired) electrons. The summed E-state index contributed by atoms with van der Waals surface area (Å²) in [6, 6.07) is 2.82. The van der Waals surface area contributed by atoms with E-state index in [-0.39, 0.29) is 28.6 Å². The number of aliphatic hydroxyl groups is 2. The van der Waals surface area contributed by atoms with Crippen LogP contribution in [0.1, 0.15) is 83.6 Å². The number of halogens is 2. The Morgan fingerprint density at radius 2 is 1.78 bits per heavy atom. The normalized spacial score (nSPS) is 43.1. The first-order chi connectivity index (χ1) is 17.1. The fourth-order valence-corrected chi connectivity index (χ4v) is 10.8. The van der Waals surface area contributed by atoms with E-state index in [0.717, 1.165) is 48.2 Å². The topological polar surface area (TPSA) is 53.4 Å². The van der Waals surface area contributed by atoms with Crippen molar-refractivity contribution in [3.8, 4) is 0 Å². The molecule has 1 unspecified atom stereocenters. The Kier molecular flexibility index (Phi) is 6.28. The molecule has 4 aliphatic carbocycles. The maximum atomic E-state index is 14.1. The first kappa shape index (κ1) is 25.2. The minimum atomic E-state index is -0.833. The van der Waals surface area contributed by atoms with Crippen molar-refractivity contribution in [2.75, 3.05) is 0 Å². The van der Waals surface area contributed by atoms with E-state index in [1.165, 1.54) is 43.1 Å². The monoisotopic (exact) mass is 517 g/mol. The van der Waals surface area contributed by atoms with Crippen molar-refractivity contribution >= 4 is 21.6 Å². The predicted octanol–water partition coefficient (Wildman–Crippen LogP) is 7.13. The fraction of sp³-hybridized carbons (Fsp3) is 0.767. The lowest BCUT2D eigenvalue weighted by molar-refractivity contribution is -0.174. The van der Waals surface area contributed by atoms with Gasteiger partial charge in [0, 0.05) is 0 Å². The molecule has 2 N–H and O–H groups in total. The molecule has 0 amide bonds. The predicted molar refractivity (Wildman–Crippen MR) is 140 cm³/mol. The number of aryl methyl sites for hydroxylation is 1. The van der Waals surface area contributed by atoms with E-state index >= 15 is 0 Å². The molecule has 4 fully saturated rings. The summed E-state index contributed by atoms with van der Waals surface area (Å²) in [6.45, 7) is 7.34. The maximum Gasteiger partial charge on any atom is 0.185 e. The summed E-state index contributed by atoms with van der Waals surface area (Å²) in [6.07, 6.45) is 9.96. The molecule has 1 aromatic carbocycles. The van der Waals surface area contributed by atoms with Crippen LogP contribution >= 0.6 is 11.3 Å². The Labute approximate surface area is 217 Å². The van der Waals surface area contributed by atoms with Gasteiger partial charge in [-0.3, -0.25) is 0 Å². The van der Waals surface area contributed by atoms with Gasteiger partial charge in [0.2, 0.25) is 0 Å². The fourth-order valence-electron chi connectivity index (χ4n) is 9.82. The van der Waals surface area contributed by atoms with Crippen molar-refractivity contribution in [1.29, 1.82) is 0 Å². The van der Waals surface area contributed by atoms with Gasteiger partial charge in [0.25, 0.3) is 0 Å². The summed E-state index contributed by atoms with van der Waals surface area (Å²) in [7, 11) is 0. The summed E-state index contributed by atoms with van der Waals surface area (Å²) in [5.74, 6) is 1.47. The SMILES string of the molecule is CC(CCc1nc2c(F)c(F)ccc2s1)[C@H]1CC[C@H]2[C@@H]3[C@@H](O)C[C@@H]4C[C@H](O)CC[C@]4(C)[C@H]3CC[C@]12C. The minimum Gasteiger partial charge on any atom is -0.393 e. The highest BCUT2D eigenvalue weighted by atomic mass is 32.1. The number of aromatic nitrogens is 1. The third-order valence-electron chi connectivity index (χ3n) is 11.7. The van der Waals surface area contributed by atoms with Gasteiger partial charge in [-0.1, -0.05) is 20.8 Å². The average molecular weight is 518 g/mol. The molecule has 0 aliphatic heterocycles. The standard InChI is InChI=1S/C30H41F2NO2S/c1-16(4-9-25-33-28-24(36-25)8-7-22(31)27(28)32)19-5-6-20-26-21(11-13-30(19,20)3)29(2)12-10-18(34)14-17(29)15-23(26)35/h7-8,16-21,23,26,34-35H,4-6,9-15H2,1-3H3/t16?,17-,18+,19+,20-,21-,23-,26-,29-,30+/m0/s1. The number of fused-ring (bicyclic) bond motifs is 6. The van der Waals surface area contributed by atoms with Crippen LogP contribution in [-0.2, 0) is 6.42 Å². The first-order valence-corrected chi connectivity index (χ1v) is 15.0. The van der Waals surface area contributed by atoms with Crippen LogP contribution in [0.5, 0.6) is 0 Å². The van der Waals surface area contributed by atoms with Crippen LogP contribution in [-0.4, -0.2) is 27.4 Å². The first-order valence-electron chi connectivity index (χ1n) is 14.2. The maximum absolute atomic E-state index is 14.1. The van der Waals surface area contributed by atoms with Crippen molar-refractivity contribution in [3.05, 3.63) is 28.8 Å². The summed E-state index contributed by atoms with van der Waals surface area (Å²) in [5.41, 5.74) is 0.680. The summed E-state index contributed by atoms with van der Waals surface area (Å²) in [5, 5.41) is 22.7. The smallest absolute Gasteiger partial charge is 0.185 e. The van der Waals surface area contributed by atoms with Gasteiger partial charge in [0.15, 0.2) is 11.6 Å². The molecule has 198 valence electrons. The second-order valence-electron chi connectivity index (χ2n) is 13.3. The zero-order valence-corrected chi connectivity index (χ0v) is 22.7. The van der Waals surface area contributed by atoms with Crippen LogP contribution in [0.3, 0.4) is 0 Å². The van der Waals surface area contributed by atoms with Crippen LogP contribution in [0.15, 0.2) is 12.1 Å². The Morgan fingerprint density at radius 3 is 2.58 bits per heavy atom. The van der Waals surface area contributed by atoms with Crippen LogP contribution in [0.4, 0.5) is 8.78 Å². The van der Waals surface area contributed by atoms with Crippen molar-refractivity contribution in [3.63, 3.8) is 0 Å². The van der Waals surface area contributed by atoms with E-state index in [0.29, 0.717) is 35.5 Å². The Morgan fingerprint density at radius 1 is 1.03 bits per heavy atom. The lowest BCUT2D eigenvalue weighted by atomic mass is 9.43. The van der Waals surface area contributed by atoms with Crippen molar-refractivity contribution in [2.45, 2.75) is 97.2 Å². The number of hydrogen-bond acceptors (Lipinski definition) is 4. The highest BCUT2D eigenvalue weighted by Gasteiger charge is 2.62. The lowest BCUT2D eigenvalue weighted by Gasteiger charge is -2.62. The largest absolute Gasteiger partial charge is 0.393 e. The Balaban J connectivity index is 1.17. The molecule has 0 spiro atoms. The lowest BCUT2D eigenvalue weighted by Crippen LogP contribution is -2.58. The number of hydrogen-bond donors (Lipinski definition) is 2. The third kappa shape index (κ3) is 3.79.